The number of rotatable bonds is 2. The fourth-order valence-electron chi connectivity index (χ4n) is 0.820. The zero-order chi connectivity index (χ0) is 10.0. The molecule has 0 radical (unpaired) electrons. The summed E-state index contributed by atoms with van der Waals surface area (Å²) in [6.07, 6.45) is 0. The molecule has 0 atom stereocenters. The molecular weight excluding hydrogens is 177 g/mol. The van der Waals surface area contributed by atoms with E-state index in [9.17, 15) is 14.5 Å². The highest BCUT2D eigenvalue weighted by atomic mass is 19.1. The van der Waals surface area contributed by atoms with Crippen LogP contribution in [0.15, 0.2) is 18.2 Å². The molecule has 0 aliphatic carbocycles. The molecule has 13 heavy (non-hydrogen) atoms. The highest BCUT2D eigenvalue weighted by molar-refractivity contribution is 5.95. The molecule has 0 spiro atoms. The smallest absolute Gasteiger partial charge is 0.305 e. The molecule has 0 fully saturated rings. The van der Waals surface area contributed by atoms with Crippen LogP contribution < -0.4 is 5.73 Å². The third-order valence-electron chi connectivity index (χ3n) is 1.45. The zero-order valence-electron chi connectivity index (χ0n) is 6.45. The molecule has 3 N–H and O–H groups in total. The summed E-state index contributed by atoms with van der Waals surface area (Å²) in [6, 6.07) is 3.05. The molecule has 0 aliphatic heterocycles. The van der Waals surface area contributed by atoms with E-state index in [0.717, 1.165) is 12.1 Å². The van der Waals surface area contributed by atoms with Crippen LogP contribution in [0.2, 0.25) is 0 Å². The van der Waals surface area contributed by atoms with Gasteiger partial charge in [0.05, 0.1) is 4.92 Å². The van der Waals surface area contributed by atoms with Crippen molar-refractivity contribution in [2.24, 2.45) is 5.73 Å². The number of nitrogens with one attached hydrogen (secondary N) is 1. The first-order chi connectivity index (χ1) is 6.02. The van der Waals surface area contributed by atoms with Gasteiger partial charge in [-0.3, -0.25) is 15.5 Å². The maximum atomic E-state index is 12.7. The van der Waals surface area contributed by atoms with Crippen molar-refractivity contribution >= 4 is 11.5 Å². The highest BCUT2D eigenvalue weighted by Gasteiger charge is 2.14. The van der Waals surface area contributed by atoms with E-state index in [2.05, 4.69) is 0 Å². The molecular formula is C7H6FN3O2. The summed E-state index contributed by atoms with van der Waals surface area (Å²) >= 11 is 0. The standard InChI is InChI=1S/C7H6FN3O2/c8-5-2-1-4(7(9)10)3-6(5)11(12)13/h1-3H,(H3,9,10). The van der Waals surface area contributed by atoms with Crippen molar-refractivity contribution in [3.63, 3.8) is 0 Å². The zero-order valence-corrected chi connectivity index (χ0v) is 6.45. The Morgan fingerprint density at radius 1 is 1.62 bits per heavy atom. The summed E-state index contributed by atoms with van der Waals surface area (Å²) < 4.78 is 12.7. The van der Waals surface area contributed by atoms with E-state index in [4.69, 9.17) is 11.1 Å². The average molecular weight is 183 g/mol. The number of benzene rings is 1. The van der Waals surface area contributed by atoms with Gasteiger partial charge in [0.25, 0.3) is 0 Å². The predicted molar refractivity (Wildman–Crippen MR) is 44.1 cm³/mol. The molecule has 1 aromatic carbocycles. The van der Waals surface area contributed by atoms with E-state index in [1.54, 1.807) is 0 Å². The van der Waals surface area contributed by atoms with Gasteiger partial charge in [-0.2, -0.15) is 4.39 Å². The summed E-state index contributed by atoms with van der Waals surface area (Å²) in [4.78, 5) is 9.39. The predicted octanol–water partition coefficient (Wildman–Crippen LogP) is 1.02. The Morgan fingerprint density at radius 3 is 2.69 bits per heavy atom. The van der Waals surface area contributed by atoms with Crippen LogP contribution in [0.3, 0.4) is 0 Å². The molecule has 68 valence electrons. The number of amidine groups is 1. The number of nitro groups is 1. The first kappa shape index (κ1) is 9.11. The van der Waals surface area contributed by atoms with Crippen LogP contribution in [-0.4, -0.2) is 10.8 Å². The quantitative estimate of drug-likeness (QED) is 0.310. The number of nitro benzene ring substituents is 1. The van der Waals surface area contributed by atoms with E-state index < -0.39 is 16.4 Å². The first-order valence-corrected chi connectivity index (χ1v) is 3.30. The number of nitrogens with zero attached hydrogens (tertiary/aromatic N) is 1. The fourth-order valence-corrected chi connectivity index (χ4v) is 0.820. The van der Waals surface area contributed by atoms with Gasteiger partial charge in [-0.1, -0.05) is 0 Å². The van der Waals surface area contributed by atoms with Crippen LogP contribution in [0.4, 0.5) is 10.1 Å². The highest BCUT2D eigenvalue weighted by Crippen LogP contribution is 2.17. The molecule has 1 aromatic rings. The van der Waals surface area contributed by atoms with Gasteiger partial charge in [0.15, 0.2) is 0 Å². The van der Waals surface area contributed by atoms with Gasteiger partial charge in [-0.15, -0.1) is 0 Å². The van der Waals surface area contributed by atoms with E-state index in [0.29, 0.717) is 0 Å². The second kappa shape index (κ2) is 3.18. The number of nitrogens with two attached hydrogens (primary N) is 1. The van der Waals surface area contributed by atoms with Crippen molar-refractivity contribution in [3.05, 3.63) is 39.7 Å². The van der Waals surface area contributed by atoms with E-state index in [1.807, 2.05) is 0 Å². The van der Waals surface area contributed by atoms with Gasteiger partial charge < -0.3 is 5.73 Å². The lowest BCUT2D eigenvalue weighted by Crippen LogP contribution is -2.11. The third-order valence-corrected chi connectivity index (χ3v) is 1.45. The molecule has 0 amide bonds. The molecule has 0 aliphatic rings. The maximum Gasteiger partial charge on any atom is 0.305 e. The van der Waals surface area contributed by atoms with Gasteiger partial charge in [0.1, 0.15) is 5.84 Å². The molecule has 1 rings (SSSR count). The summed E-state index contributed by atoms with van der Waals surface area (Å²) in [5, 5.41) is 17.2. The van der Waals surface area contributed by atoms with Crippen LogP contribution >= 0.6 is 0 Å². The van der Waals surface area contributed by atoms with E-state index in [1.165, 1.54) is 6.07 Å². The van der Waals surface area contributed by atoms with Crippen LogP contribution in [0.25, 0.3) is 0 Å². The Hall–Kier alpha value is -1.98. The SMILES string of the molecule is N=C(N)c1ccc(F)c([N+](=O)[O-])c1. The number of hydrogen-bond donors (Lipinski definition) is 2. The summed E-state index contributed by atoms with van der Waals surface area (Å²) in [6.45, 7) is 0. The lowest BCUT2D eigenvalue weighted by Gasteiger charge is -1.98. The van der Waals surface area contributed by atoms with E-state index in [-0.39, 0.29) is 11.4 Å². The van der Waals surface area contributed by atoms with Gasteiger partial charge in [-0.05, 0) is 12.1 Å². The van der Waals surface area contributed by atoms with Crippen molar-refractivity contribution < 1.29 is 9.31 Å². The Kier molecular flexibility index (Phi) is 2.23. The lowest BCUT2D eigenvalue weighted by atomic mass is 10.2. The molecule has 6 heteroatoms. The van der Waals surface area contributed by atoms with Gasteiger partial charge in [0, 0.05) is 11.6 Å². The normalized spacial score (nSPS) is 9.62. The van der Waals surface area contributed by atoms with Crippen molar-refractivity contribution in [1.82, 2.24) is 0 Å². The Bertz CT molecular complexity index is 378. The molecule has 0 saturated heterocycles. The minimum Gasteiger partial charge on any atom is -0.384 e. The first-order valence-electron chi connectivity index (χ1n) is 3.30. The Labute approximate surface area is 72.6 Å². The summed E-state index contributed by atoms with van der Waals surface area (Å²) in [5.41, 5.74) is 4.53. The number of nitrogen functional groups attached to an aromatic ring is 1. The topological polar surface area (TPSA) is 93.0 Å². The van der Waals surface area contributed by atoms with Gasteiger partial charge in [0.2, 0.25) is 5.82 Å². The Morgan fingerprint density at radius 2 is 2.23 bits per heavy atom. The van der Waals surface area contributed by atoms with Crippen LogP contribution in [0.1, 0.15) is 5.56 Å². The average Bonchev–Trinajstić information content (AvgIpc) is 2.04. The Balaban J connectivity index is 3.27. The third kappa shape index (κ3) is 1.78. The van der Waals surface area contributed by atoms with Crippen molar-refractivity contribution in [1.29, 1.82) is 5.41 Å². The van der Waals surface area contributed by atoms with Crippen molar-refractivity contribution in [2.75, 3.05) is 0 Å². The van der Waals surface area contributed by atoms with Crippen LogP contribution in [-0.2, 0) is 0 Å². The van der Waals surface area contributed by atoms with E-state index >= 15 is 0 Å². The largest absolute Gasteiger partial charge is 0.384 e. The molecule has 0 aromatic heterocycles. The summed E-state index contributed by atoms with van der Waals surface area (Å²) in [5.74, 6) is -1.27. The van der Waals surface area contributed by atoms with Gasteiger partial charge in [-0.25, -0.2) is 0 Å². The molecule has 0 saturated carbocycles. The lowest BCUT2D eigenvalue weighted by molar-refractivity contribution is -0.387. The van der Waals surface area contributed by atoms with Crippen molar-refractivity contribution in [3.8, 4) is 0 Å². The number of hydrogen-bond acceptors (Lipinski definition) is 3. The number of halogens is 1. The molecule has 0 unspecified atom stereocenters. The summed E-state index contributed by atoms with van der Waals surface area (Å²) in [7, 11) is 0. The minimum absolute atomic E-state index is 0.133. The maximum absolute atomic E-state index is 12.7. The monoisotopic (exact) mass is 183 g/mol. The second-order valence-electron chi connectivity index (χ2n) is 2.34. The molecule has 0 bridgehead atoms. The van der Waals surface area contributed by atoms with Crippen LogP contribution in [0.5, 0.6) is 0 Å². The fraction of sp³-hybridized carbons (Fsp3) is 0. The molecule has 0 heterocycles. The molecule has 5 nitrogen and oxygen atoms in total. The minimum atomic E-state index is -0.935. The second-order valence-corrected chi connectivity index (χ2v) is 2.34. The van der Waals surface area contributed by atoms with Crippen molar-refractivity contribution in [2.45, 2.75) is 0 Å². The van der Waals surface area contributed by atoms with Gasteiger partial charge >= 0.3 is 5.69 Å². The van der Waals surface area contributed by atoms with Crippen LogP contribution in [0, 0.1) is 21.3 Å².